The van der Waals surface area contributed by atoms with Gasteiger partial charge in [-0.15, -0.1) is 0 Å². The molecule has 2 aliphatic heterocycles. The molecule has 1 N–H and O–H groups in total. The number of anilines is 1. The highest BCUT2D eigenvalue weighted by molar-refractivity contribution is 6.05. The van der Waals surface area contributed by atoms with E-state index in [2.05, 4.69) is 52.3 Å². The summed E-state index contributed by atoms with van der Waals surface area (Å²) >= 11 is 0. The highest BCUT2D eigenvalue weighted by atomic mass is 16.3. The third-order valence-corrected chi connectivity index (χ3v) is 7.38. The maximum atomic E-state index is 13.6. The number of carbonyl (C=O) groups is 1. The van der Waals surface area contributed by atoms with Crippen molar-refractivity contribution in [2.45, 2.75) is 12.5 Å². The van der Waals surface area contributed by atoms with Crippen molar-refractivity contribution in [2.75, 3.05) is 37.6 Å². The van der Waals surface area contributed by atoms with Crippen molar-refractivity contribution in [1.29, 1.82) is 0 Å². The summed E-state index contributed by atoms with van der Waals surface area (Å²) in [5, 5.41) is 18.5. The van der Waals surface area contributed by atoms with E-state index in [9.17, 15) is 9.90 Å². The van der Waals surface area contributed by atoms with Crippen LogP contribution in [0.4, 0.5) is 5.69 Å². The quantitative estimate of drug-likeness (QED) is 0.426. The molecule has 0 bridgehead atoms. The Kier molecular flexibility index (Phi) is 6.33. The summed E-state index contributed by atoms with van der Waals surface area (Å²) in [6.07, 6.45) is 0.697. The zero-order chi connectivity index (χ0) is 25.2. The predicted octanol–water partition coefficient (Wildman–Crippen LogP) is 5.05. The van der Waals surface area contributed by atoms with Crippen molar-refractivity contribution < 1.29 is 9.90 Å². The number of phenolic OH excluding ortho intramolecular Hbond substituents is 1. The molecule has 0 aromatic heterocycles. The molecule has 4 aromatic carbocycles. The van der Waals surface area contributed by atoms with Crippen LogP contribution in [0.15, 0.2) is 102 Å². The predicted molar refractivity (Wildman–Crippen MR) is 148 cm³/mol. The molecule has 1 saturated heterocycles. The number of piperazine rings is 1. The molecule has 6 nitrogen and oxygen atoms in total. The van der Waals surface area contributed by atoms with Crippen LogP contribution in [0.3, 0.4) is 0 Å². The molecule has 0 radical (unpaired) electrons. The molecule has 0 aliphatic carbocycles. The van der Waals surface area contributed by atoms with Crippen LogP contribution in [0.5, 0.6) is 5.75 Å². The van der Waals surface area contributed by atoms with Gasteiger partial charge in [0.15, 0.2) is 0 Å². The molecule has 4 aromatic rings. The van der Waals surface area contributed by atoms with Gasteiger partial charge in [-0.05, 0) is 52.2 Å². The first-order chi connectivity index (χ1) is 18.1. The number of fused-ring (bicyclic) bond motifs is 1. The van der Waals surface area contributed by atoms with Gasteiger partial charge in [0.1, 0.15) is 5.75 Å². The smallest absolute Gasteiger partial charge is 0.257 e. The van der Waals surface area contributed by atoms with Crippen molar-refractivity contribution in [3.05, 3.63) is 108 Å². The van der Waals surface area contributed by atoms with E-state index in [0.29, 0.717) is 13.0 Å². The average Bonchev–Trinajstić information content (AvgIpc) is 3.40. The number of hydrogen-bond donors (Lipinski definition) is 1. The van der Waals surface area contributed by atoms with Crippen LogP contribution in [-0.2, 0) is 4.79 Å². The van der Waals surface area contributed by atoms with E-state index >= 15 is 0 Å². The van der Waals surface area contributed by atoms with Gasteiger partial charge in [-0.2, -0.15) is 5.10 Å². The maximum absolute atomic E-state index is 13.6. The van der Waals surface area contributed by atoms with Gasteiger partial charge in [-0.1, -0.05) is 66.7 Å². The summed E-state index contributed by atoms with van der Waals surface area (Å²) in [4.78, 5) is 18.1. The molecule has 2 aliphatic rings. The minimum atomic E-state index is -0.103. The van der Waals surface area contributed by atoms with Crippen LogP contribution in [0, 0.1) is 0 Å². The summed E-state index contributed by atoms with van der Waals surface area (Å²) in [5.74, 6) is 0.304. The lowest BCUT2D eigenvalue weighted by atomic mass is 9.97. The number of aromatic hydroxyl groups is 1. The monoisotopic (exact) mass is 490 g/mol. The first-order valence-corrected chi connectivity index (χ1v) is 12.8. The van der Waals surface area contributed by atoms with Gasteiger partial charge < -0.3 is 10.0 Å². The number of phenols is 1. The number of benzene rings is 4. The zero-order valence-electron chi connectivity index (χ0n) is 20.7. The summed E-state index contributed by atoms with van der Waals surface area (Å²) in [7, 11) is 0. The minimum Gasteiger partial charge on any atom is -0.508 e. The summed E-state index contributed by atoms with van der Waals surface area (Å²) in [5.41, 5.74) is 4.21. The van der Waals surface area contributed by atoms with Crippen molar-refractivity contribution in [2.24, 2.45) is 5.10 Å². The summed E-state index contributed by atoms with van der Waals surface area (Å²) < 4.78 is 0. The van der Waals surface area contributed by atoms with Gasteiger partial charge >= 0.3 is 0 Å². The lowest BCUT2D eigenvalue weighted by Crippen LogP contribution is -2.49. The standard InChI is InChI=1S/C31H30N4O2/c36-28-14-12-27(13-15-28)34-18-16-33(17-19-34)22-31(37)35-30(24-7-2-1-3-8-24)21-29(32-35)26-11-10-23-6-4-5-9-25(23)20-26/h1-15,20,30,36H,16-19,21-22H2/t30-/m1/s1. The molecular weight excluding hydrogens is 460 g/mol. The Morgan fingerprint density at radius 3 is 2.27 bits per heavy atom. The third kappa shape index (κ3) is 4.93. The van der Waals surface area contributed by atoms with Crippen LogP contribution in [-0.4, -0.2) is 59.4 Å². The van der Waals surface area contributed by atoms with Crippen molar-refractivity contribution in [3.63, 3.8) is 0 Å². The molecule has 37 heavy (non-hydrogen) atoms. The van der Waals surface area contributed by atoms with Crippen LogP contribution in [0.25, 0.3) is 10.8 Å². The number of carbonyl (C=O) groups excluding carboxylic acids is 1. The second kappa shape index (κ2) is 10.1. The zero-order valence-corrected chi connectivity index (χ0v) is 20.7. The van der Waals surface area contributed by atoms with Crippen molar-refractivity contribution in [1.82, 2.24) is 9.91 Å². The Balaban J connectivity index is 1.19. The molecule has 186 valence electrons. The lowest BCUT2D eigenvalue weighted by molar-refractivity contribution is -0.134. The van der Waals surface area contributed by atoms with Crippen LogP contribution < -0.4 is 4.90 Å². The second-order valence-electron chi connectivity index (χ2n) is 9.76. The Morgan fingerprint density at radius 2 is 1.51 bits per heavy atom. The molecule has 2 heterocycles. The Bertz CT molecular complexity index is 1430. The van der Waals surface area contributed by atoms with E-state index in [1.54, 1.807) is 17.1 Å². The van der Waals surface area contributed by atoms with Gasteiger partial charge in [-0.25, -0.2) is 5.01 Å². The molecule has 0 spiro atoms. The molecule has 1 atom stereocenters. The summed E-state index contributed by atoms with van der Waals surface area (Å²) in [6.45, 7) is 3.63. The number of rotatable bonds is 5. The van der Waals surface area contributed by atoms with E-state index in [1.807, 2.05) is 42.5 Å². The lowest BCUT2D eigenvalue weighted by Gasteiger charge is -2.36. The molecule has 0 unspecified atom stereocenters. The van der Waals surface area contributed by atoms with E-state index < -0.39 is 0 Å². The number of hydrazone groups is 1. The molecule has 6 heteroatoms. The topological polar surface area (TPSA) is 59.4 Å². The van der Waals surface area contributed by atoms with Gasteiger partial charge in [0.05, 0.1) is 18.3 Å². The number of nitrogens with zero attached hydrogens (tertiary/aromatic N) is 4. The second-order valence-corrected chi connectivity index (χ2v) is 9.76. The van der Waals surface area contributed by atoms with Gasteiger partial charge in [0.2, 0.25) is 0 Å². The fraction of sp³-hybridized carbons (Fsp3) is 0.226. The minimum absolute atomic E-state index is 0.0303. The van der Waals surface area contributed by atoms with Gasteiger partial charge in [-0.3, -0.25) is 9.69 Å². The largest absolute Gasteiger partial charge is 0.508 e. The van der Waals surface area contributed by atoms with E-state index in [-0.39, 0.29) is 17.7 Å². The molecular formula is C31H30N4O2. The maximum Gasteiger partial charge on any atom is 0.257 e. The van der Waals surface area contributed by atoms with Gasteiger partial charge in [0, 0.05) is 38.3 Å². The number of amides is 1. The molecule has 1 amide bonds. The Hall–Kier alpha value is -4.16. The average molecular weight is 491 g/mol. The first-order valence-electron chi connectivity index (χ1n) is 12.8. The number of hydrogen-bond acceptors (Lipinski definition) is 5. The highest BCUT2D eigenvalue weighted by Gasteiger charge is 2.34. The molecule has 1 fully saturated rings. The van der Waals surface area contributed by atoms with Crippen LogP contribution in [0.1, 0.15) is 23.6 Å². The van der Waals surface area contributed by atoms with E-state index in [4.69, 9.17) is 5.10 Å². The normalized spacial score (nSPS) is 18.3. The first kappa shape index (κ1) is 23.3. The fourth-order valence-corrected chi connectivity index (χ4v) is 5.31. The highest BCUT2D eigenvalue weighted by Crippen LogP contribution is 2.33. The van der Waals surface area contributed by atoms with E-state index in [1.165, 1.54) is 10.8 Å². The fourth-order valence-electron chi connectivity index (χ4n) is 5.31. The Morgan fingerprint density at radius 1 is 0.811 bits per heavy atom. The Labute approximate surface area is 217 Å². The SMILES string of the molecule is O=C(CN1CCN(c2ccc(O)cc2)CC1)N1N=C(c2ccc3ccccc3c2)C[C@@H]1c1ccccc1. The van der Waals surface area contributed by atoms with E-state index in [0.717, 1.165) is 48.7 Å². The third-order valence-electron chi connectivity index (χ3n) is 7.38. The van der Waals surface area contributed by atoms with Crippen molar-refractivity contribution >= 4 is 28.1 Å². The summed E-state index contributed by atoms with van der Waals surface area (Å²) in [6, 6.07) is 32.2. The molecule has 6 rings (SSSR count). The molecule has 0 saturated carbocycles. The van der Waals surface area contributed by atoms with Crippen molar-refractivity contribution in [3.8, 4) is 5.75 Å². The van der Waals surface area contributed by atoms with Crippen LogP contribution >= 0.6 is 0 Å². The van der Waals surface area contributed by atoms with Crippen LogP contribution in [0.2, 0.25) is 0 Å². The van der Waals surface area contributed by atoms with Gasteiger partial charge in [0.25, 0.3) is 5.91 Å².